The van der Waals surface area contributed by atoms with Crippen LogP contribution in [0.25, 0.3) is 0 Å². The lowest BCUT2D eigenvalue weighted by atomic mass is 10.0. The van der Waals surface area contributed by atoms with Gasteiger partial charge >= 0.3 is 0 Å². The van der Waals surface area contributed by atoms with Gasteiger partial charge in [-0.3, -0.25) is 4.90 Å². The van der Waals surface area contributed by atoms with Gasteiger partial charge in [-0.1, -0.05) is 0 Å². The van der Waals surface area contributed by atoms with Crippen molar-refractivity contribution in [2.24, 2.45) is 4.99 Å². The third-order valence-electron chi connectivity index (χ3n) is 4.53. The molecule has 1 aromatic rings. The Labute approximate surface area is 173 Å². The number of nitrogens with zero attached hydrogens (tertiary/aromatic N) is 2. The number of furan rings is 1. The fraction of sp³-hybridized carbons (Fsp3) is 0.722. The van der Waals surface area contributed by atoms with Gasteiger partial charge in [-0.15, -0.1) is 24.0 Å². The second-order valence-electron chi connectivity index (χ2n) is 6.65. The number of ether oxygens (including phenoxy) is 1. The number of likely N-dealkylation sites (tertiary alicyclic amines) is 1. The molecule has 2 heterocycles. The van der Waals surface area contributed by atoms with Gasteiger partial charge in [0.2, 0.25) is 0 Å². The zero-order valence-electron chi connectivity index (χ0n) is 16.0. The first kappa shape index (κ1) is 23.2. The molecule has 0 aromatic carbocycles. The van der Waals surface area contributed by atoms with E-state index in [0.29, 0.717) is 17.8 Å². The number of guanidine groups is 1. The Morgan fingerprint density at radius 2 is 2.31 bits per heavy atom. The molecule has 1 saturated heterocycles. The van der Waals surface area contributed by atoms with Crippen molar-refractivity contribution in [1.29, 1.82) is 0 Å². The van der Waals surface area contributed by atoms with Crippen LogP contribution in [0.4, 0.5) is 0 Å². The summed E-state index contributed by atoms with van der Waals surface area (Å²) in [5.74, 6) is 1.24. The Hall–Kier alpha value is -0.840. The number of rotatable bonds is 9. The van der Waals surface area contributed by atoms with Crippen LogP contribution in [0.5, 0.6) is 0 Å². The molecule has 7 nitrogen and oxygen atoms in total. The topological polar surface area (TPSA) is 82.3 Å². The van der Waals surface area contributed by atoms with Crippen molar-refractivity contribution in [1.82, 2.24) is 15.5 Å². The minimum atomic E-state index is -1.12. The van der Waals surface area contributed by atoms with Gasteiger partial charge in [0.25, 0.3) is 0 Å². The van der Waals surface area contributed by atoms with Crippen LogP contribution >= 0.6 is 24.0 Å². The smallest absolute Gasteiger partial charge is 0.191 e. The molecule has 2 rings (SSSR count). The highest BCUT2D eigenvalue weighted by atomic mass is 127. The Kier molecular flexibility index (Phi) is 10.5. The molecular formula is C18H33IN4O3. The van der Waals surface area contributed by atoms with Crippen LogP contribution in [0.3, 0.4) is 0 Å². The van der Waals surface area contributed by atoms with Gasteiger partial charge in [-0.05, 0) is 45.4 Å². The van der Waals surface area contributed by atoms with Crippen LogP contribution in [0.1, 0.15) is 32.4 Å². The van der Waals surface area contributed by atoms with E-state index in [0.717, 1.165) is 32.8 Å². The molecule has 2 atom stereocenters. The fourth-order valence-corrected chi connectivity index (χ4v) is 3.08. The normalized spacial score (nSPS) is 20.5. The highest BCUT2D eigenvalue weighted by Crippen LogP contribution is 2.21. The molecule has 1 aromatic heterocycles. The molecule has 0 saturated carbocycles. The minimum absolute atomic E-state index is 0. The van der Waals surface area contributed by atoms with E-state index in [1.54, 1.807) is 32.4 Å². The van der Waals surface area contributed by atoms with E-state index >= 15 is 0 Å². The number of hydrogen-bond donors (Lipinski definition) is 3. The molecule has 0 aliphatic carbocycles. The molecule has 0 radical (unpaired) electrons. The first-order valence-electron chi connectivity index (χ1n) is 9.08. The lowest BCUT2D eigenvalue weighted by molar-refractivity contribution is 0.0437. The van der Waals surface area contributed by atoms with E-state index < -0.39 is 5.60 Å². The Balaban J connectivity index is 0.00000338. The maximum Gasteiger partial charge on any atom is 0.191 e. The maximum atomic E-state index is 10.5. The van der Waals surface area contributed by atoms with Gasteiger partial charge in [-0.25, -0.2) is 4.99 Å². The van der Waals surface area contributed by atoms with Crippen LogP contribution in [0.15, 0.2) is 27.8 Å². The molecular weight excluding hydrogens is 447 g/mol. The summed E-state index contributed by atoms with van der Waals surface area (Å²) in [6.45, 7) is 8.42. The van der Waals surface area contributed by atoms with Gasteiger partial charge in [0.15, 0.2) is 5.96 Å². The maximum absolute atomic E-state index is 10.5. The quantitative estimate of drug-likeness (QED) is 0.284. The number of methoxy groups -OCH3 is 1. The van der Waals surface area contributed by atoms with Gasteiger partial charge in [0, 0.05) is 32.8 Å². The largest absolute Gasteiger partial charge is 0.466 e. The number of halogens is 1. The summed E-state index contributed by atoms with van der Waals surface area (Å²) in [4.78, 5) is 6.99. The first-order chi connectivity index (χ1) is 12.1. The predicted octanol–water partition coefficient (Wildman–Crippen LogP) is 1.77. The van der Waals surface area contributed by atoms with Crippen molar-refractivity contribution in [3.8, 4) is 0 Å². The molecule has 0 bridgehead atoms. The summed E-state index contributed by atoms with van der Waals surface area (Å²) in [6, 6.07) is 4.03. The lowest BCUT2D eigenvalue weighted by Crippen LogP contribution is -2.46. The number of nitrogens with one attached hydrogen (secondary N) is 2. The second kappa shape index (κ2) is 11.8. The number of aliphatic hydroxyl groups is 1. The summed E-state index contributed by atoms with van der Waals surface area (Å²) in [7, 11) is 1.74. The van der Waals surface area contributed by atoms with Crippen LogP contribution in [-0.4, -0.2) is 68.4 Å². The summed E-state index contributed by atoms with van der Waals surface area (Å²) in [5, 5.41) is 17.2. The lowest BCUT2D eigenvalue weighted by Gasteiger charge is -2.25. The van der Waals surface area contributed by atoms with Gasteiger partial charge < -0.3 is 24.9 Å². The Morgan fingerprint density at radius 3 is 2.96 bits per heavy atom. The molecule has 1 aliphatic rings. The molecule has 26 heavy (non-hydrogen) atoms. The van der Waals surface area contributed by atoms with Crippen LogP contribution < -0.4 is 10.6 Å². The average molecular weight is 480 g/mol. The second-order valence-corrected chi connectivity index (χ2v) is 6.65. The highest BCUT2D eigenvalue weighted by molar-refractivity contribution is 14.0. The van der Waals surface area contributed by atoms with Crippen molar-refractivity contribution in [3.63, 3.8) is 0 Å². The van der Waals surface area contributed by atoms with Crippen molar-refractivity contribution in [3.05, 3.63) is 24.2 Å². The van der Waals surface area contributed by atoms with E-state index in [4.69, 9.17) is 9.15 Å². The van der Waals surface area contributed by atoms with Gasteiger partial charge in [0.05, 0.1) is 19.4 Å². The summed E-state index contributed by atoms with van der Waals surface area (Å²) in [6.07, 6.45) is 3.96. The predicted molar refractivity (Wildman–Crippen MR) is 114 cm³/mol. The molecule has 150 valence electrons. The van der Waals surface area contributed by atoms with E-state index in [2.05, 4.69) is 20.5 Å². The van der Waals surface area contributed by atoms with Gasteiger partial charge in [-0.2, -0.15) is 0 Å². The molecule has 0 spiro atoms. The Bertz CT molecular complexity index is 523. The molecule has 1 fully saturated rings. The number of aliphatic imine (C=N–C) groups is 1. The van der Waals surface area contributed by atoms with Crippen molar-refractivity contribution in [2.75, 3.05) is 46.4 Å². The van der Waals surface area contributed by atoms with Crippen LogP contribution in [0, 0.1) is 0 Å². The zero-order chi connectivity index (χ0) is 18.1. The fourth-order valence-electron chi connectivity index (χ4n) is 3.08. The van der Waals surface area contributed by atoms with E-state index in [1.165, 1.54) is 12.8 Å². The zero-order valence-corrected chi connectivity index (χ0v) is 18.4. The first-order valence-corrected chi connectivity index (χ1v) is 9.08. The molecule has 3 N–H and O–H groups in total. The minimum Gasteiger partial charge on any atom is -0.466 e. The summed E-state index contributed by atoms with van der Waals surface area (Å²) >= 11 is 0. The van der Waals surface area contributed by atoms with Crippen molar-refractivity contribution >= 4 is 29.9 Å². The molecule has 2 unspecified atom stereocenters. The highest BCUT2D eigenvalue weighted by Gasteiger charge is 2.27. The molecule has 8 heteroatoms. The molecule has 0 amide bonds. The van der Waals surface area contributed by atoms with Crippen molar-refractivity contribution < 1.29 is 14.3 Å². The van der Waals surface area contributed by atoms with E-state index in [9.17, 15) is 5.11 Å². The monoisotopic (exact) mass is 480 g/mol. The van der Waals surface area contributed by atoms with Crippen molar-refractivity contribution in [2.45, 2.75) is 38.3 Å². The third-order valence-corrected chi connectivity index (χ3v) is 4.53. The number of hydrogen-bond acceptors (Lipinski definition) is 5. The average Bonchev–Trinajstić information content (AvgIpc) is 3.27. The van der Waals surface area contributed by atoms with Crippen LogP contribution in [0.2, 0.25) is 0 Å². The van der Waals surface area contributed by atoms with Crippen LogP contribution in [-0.2, 0) is 10.3 Å². The third kappa shape index (κ3) is 7.05. The molecule has 1 aliphatic heterocycles. The summed E-state index contributed by atoms with van der Waals surface area (Å²) < 4.78 is 10.5. The SMILES string of the molecule is CCNC(=NCC(C)(O)c1ccco1)NCC1CCCN1CCOC.I. The summed E-state index contributed by atoms with van der Waals surface area (Å²) in [5.41, 5.74) is -1.12. The standard InChI is InChI=1S/C18H32N4O3.HI/c1-4-19-17(21-14-18(2,23)16-8-6-11-25-16)20-13-15-7-5-9-22(15)10-12-24-3;/h6,8,11,15,23H,4-5,7,9-10,12-14H2,1-3H3,(H2,19,20,21);1H. The van der Waals surface area contributed by atoms with E-state index in [-0.39, 0.29) is 30.5 Å². The van der Waals surface area contributed by atoms with Gasteiger partial charge in [0.1, 0.15) is 11.4 Å². The van der Waals surface area contributed by atoms with E-state index in [1.807, 2.05) is 6.92 Å². The Morgan fingerprint density at radius 1 is 1.50 bits per heavy atom.